The Balaban J connectivity index is 1.87. The zero-order valence-corrected chi connectivity index (χ0v) is 18.3. The molecule has 4 N–H and O–H groups in total. The van der Waals surface area contributed by atoms with E-state index < -0.39 is 17.9 Å². The topological polar surface area (TPSA) is 121 Å². The third kappa shape index (κ3) is 6.54. The number of rotatable bonds is 8. The van der Waals surface area contributed by atoms with Gasteiger partial charge in [-0.1, -0.05) is 24.3 Å². The molecule has 9 heteroatoms. The monoisotopic (exact) mass is 447 g/mol. The number of urea groups is 1. The van der Waals surface area contributed by atoms with Crippen LogP contribution in [0.15, 0.2) is 66.9 Å². The summed E-state index contributed by atoms with van der Waals surface area (Å²) < 4.78 is 5.01. The fraction of sp³-hybridized carbons (Fsp3) is 0.167. The van der Waals surface area contributed by atoms with Gasteiger partial charge in [0, 0.05) is 30.2 Å². The Morgan fingerprint density at radius 2 is 1.67 bits per heavy atom. The lowest BCUT2D eigenvalue weighted by atomic mass is 10.1. The zero-order valence-electron chi connectivity index (χ0n) is 18.3. The maximum atomic E-state index is 13.1. The van der Waals surface area contributed by atoms with E-state index in [4.69, 9.17) is 4.74 Å². The quantitative estimate of drug-likeness (QED) is 0.380. The molecule has 3 rings (SSSR count). The van der Waals surface area contributed by atoms with Crippen molar-refractivity contribution < 1.29 is 19.1 Å². The highest BCUT2D eigenvalue weighted by atomic mass is 16.5. The summed E-state index contributed by atoms with van der Waals surface area (Å²) in [7, 11) is 0. The summed E-state index contributed by atoms with van der Waals surface area (Å²) in [4.78, 5) is 41.1. The number of hydrogen-bond acceptors (Lipinski definition) is 6. The van der Waals surface area contributed by atoms with Gasteiger partial charge in [-0.05, 0) is 44.2 Å². The fourth-order valence-corrected chi connectivity index (χ4v) is 2.94. The molecule has 1 aromatic heterocycles. The second-order valence-corrected chi connectivity index (χ2v) is 6.85. The minimum absolute atomic E-state index is 0.252. The van der Waals surface area contributed by atoms with Crippen LogP contribution in [0.1, 0.15) is 34.6 Å². The van der Waals surface area contributed by atoms with Gasteiger partial charge in [0.25, 0.3) is 5.91 Å². The van der Waals surface area contributed by atoms with Gasteiger partial charge < -0.3 is 20.7 Å². The predicted octanol–water partition coefficient (Wildman–Crippen LogP) is 4.40. The minimum atomic E-state index is -0.470. The first kappa shape index (κ1) is 23.3. The van der Waals surface area contributed by atoms with Crippen molar-refractivity contribution in [3.8, 4) is 0 Å². The molecule has 0 aliphatic heterocycles. The Morgan fingerprint density at radius 3 is 2.39 bits per heavy atom. The molecular weight excluding hydrogens is 422 g/mol. The molecule has 3 aromatic rings. The average Bonchev–Trinajstić information content (AvgIpc) is 2.80. The van der Waals surface area contributed by atoms with Gasteiger partial charge in [-0.3, -0.25) is 10.1 Å². The zero-order chi connectivity index (χ0) is 23.6. The van der Waals surface area contributed by atoms with Crippen LogP contribution in [0.5, 0.6) is 0 Å². The van der Waals surface area contributed by atoms with E-state index in [1.54, 1.807) is 44.2 Å². The van der Waals surface area contributed by atoms with Crippen molar-refractivity contribution in [2.24, 2.45) is 0 Å². The van der Waals surface area contributed by atoms with Crippen molar-refractivity contribution in [3.63, 3.8) is 0 Å². The summed E-state index contributed by atoms with van der Waals surface area (Å²) in [5.74, 6) is -0.630. The highest BCUT2D eigenvalue weighted by Gasteiger charge is 2.16. The van der Waals surface area contributed by atoms with Crippen molar-refractivity contribution in [2.45, 2.75) is 13.8 Å². The maximum absolute atomic E-state index is 13.1. The lowest BCUT2D eigenvalue weighted by Crippen LogP contribution is -2.28. The number of carbonyl (C=O) groups is 3. The number of carbonyl (C=O) groups excluding carboxylic acids is 3. The Morgan fingerprint density at radius 1 is 0.909 bits per heavy atom. The number of ether oxygens (including phenoxy) is 1. The fourth-order valence-electron chi connectivity index (χ4n) is 2.94. The number of aromatic nitrogens is 1. The van der Waals surface area contributed by atoms with Gasteiger partial charge in [-0.2, -0.15) is 0 Å². The van der Waals surface area contributed by atoms with Gasteiger partial charge >= 0.3 is 12.0 Å². The molecule has 0 atom stereocenters. The summed E-state index contributed by atoms with van der Waals surface area (Å²) >= 11 is 0. The van der Waals surface area contributed by atoms with E-state index in [0.29, 0.717) is 23.5 Å². The number of amides is 3. The van der Waals surface area contributed by atoms with Crippen LogP contribution in [0.25, 0.3) is 0 Å². The van der Waals surface area contributed by atoms with Crippen LogP contribution in [0.2, 0.25) is 0 Å². The van der Waals surface area contributed by atoms with E-state index >= 15 is 0 Å². The molecule has 1 heterocycles. The van der Waals surface area contributed by atoms with E-state index in [1.165, 1.54) is 6.20 Å². The third-order valence-electron chi connectivity index (χ3n) is 4.41. The highest BCUT2D eigenvalue weighted by molar-refractivity contribution is 6.09. The first-order valence-corrected chi connectivity index (χ1v) is 10.5. The summed E-state index contributed by atoms with van der Waals surface area (Å²) in [5.41, 5.74) is 2.22. The molecule has 0 aliphatic carbocycles. The van der Waals surface area contributed by atoms with Crippen LogP contribution in [0.4, 0.5) is 27.7 Å². The Bertz CT molecular complexity index is 1130. The molecule has 2 aromatic carbocycles. The van der Waals surface area contributed by atoms with Gasteiger partial charge in [-0.25, -0.2) is 14.6 Å². The first-order chi connectivity index (χ1) is 16.0. The van der Waals surface area contributed by atoms with Crippen molar-refractivity contribution >= 4 is 40.8 Å². The van der Waals surface area contributed by atoms with Crippen LogP contribution in [0, 0.1) is 0 Å². The third-order valence-corrected chi connectivity index (χ3v) is 4.41. The van der Waals surface area contributed by atoms with Crippen molar-refractivity contribution in [1.29, 1.82) is 0 Å². The van der Waals surface area contributed by atoms with Gasteiger partial charge in [-0.15, -0.1) is 0 Å². The molecule has 170 valence electrons. The Hall–Kier alpha value is -4.40. The van der Waals surface area contributed by atoms with Gasteiger partial charge in [0.05, 0.1) is 23.4 Å². The first-order valence-electron chi connectivity index (χ1n) is 10.5. The molecule has 0 unspecified atom stereocenters. The second-order valence-electron chi connectivity index (χ2n) is 6.85. The summed E-state index contributed by atoms with van der Waals surface area (Å²) in [5, 5.41) is 11.2. The summed E-state index contributed by atoms with van der Waals surface area (Å²) in [6.45, 7) is 4.25. The number of pyridine rings is 1. The number of benzene rings is 2. The molecule has 0 bridgehead atoms. The van der Waals surface area contributed by atoms with Gasteiger partial charge in [0.15, 0.2) is 0 Å². The van der Waals surface area contributed by atoms with Gasteiger partial charge in [0.2, 0.25) is 0 Å². The standard InChI is InChI=1S/C24H25N5O4/c1-3-25-24(32)29-21-14-20(27-17-10-6-5-7-11-17)19(15-26-21)22(30)28-18-12-8-9-16(13-18)23(31)33-4-2/h5-15H,3-4H2,1-2H3,(H,28,30)(H3,25,26,27,29,32). The highest BCUT2D eigenvalue weighted by Crippen LogP contribution is 2.24. The van der Waals surface area contributed by atoms with E-state index in [2.05, 4.69) is 26.3 Å². The van der Waals surface area contributed by atoms with E-state index in [0.717, 1.165) is 5.69 Å². The predicted molar refractivity (Wildman–Crippen MR) is 127 cm³/mol. The summed E-state index contributed by atoms with van der Waals surface area (Å²) in [6, 6.07) is 16.9. The Labute approximate surface area is 191 Å². The van der Waals surface area contributed by atoms with Crippen LogP contribution < -0.4 is 21.3 Å². The molecule has 0 aliphatic rings. The number of hydrogen-bond donors (Lipinski definition) is 4. The molecule has 9 nitrogen and oxygen atoms in total. The molecule has 3 amide bonds. The van der Waals surface area contributed by atoms with Crippen LogP contribution in [0.3, 0.4) is 0 Å². The molecule has 33 heavy (non-hydrogen) atoms. The number of para-hydroxylation sites is 1. The number of nitrogens with zero attached hydrogens (tertiary/aromatic N) is 1. The van der Waals surface area contributed by atoms with Gasteiger partial charge in [0.1, 0.15) is 5.82 Å². The largest absolute Gasteiger partial charge is 0.462 e. The van der Waals surface area contributed by atoms with Crippen molar-refractivity contribution in [3.05, 3.63) is 78.0 Å². The van der Waals surface area contributed by atoms with E-state index in [9.17, 15) is 14.4 Å². The normalized spacial score (nSPS) is 10.1. The van der Waals surface area contributed by atoms with Crippen molar-refractivity contribution in [1.82, 2.24) is 10.3 Å². The second kappa shape index (κ2) is 11.3. The Kier molecular flexibility index (Phi) is 7.96. The molecular formula is C24H25N5O4. The maximum Gasteiger partial charge on any atom is 0.338 e. The van der Waals surface area contributed by atoms with Crippen LogP contribution in [-0.4, -0.2) is 36.0 Å². The molecule has 0 saturated carbocycles. The molecule has 0 fully saturated rings. The average molecular weight is 447 g/mol. The lowest BCUT2D eigenvalue weighted by Gasteiger charge is -2.14. The SMILES string of the molecule is CCNC(=O)Nc1cc(Nc2ccccc2)c(C(=O)Nc2cccc(C(=O)OCC)c2)cn1. The van der Waals surface area contributed by atoms with Crippen molar-refractivity contribution in [2.75, 3.05) is 29.1 Å². The molecule has 0 radical (unpaired) electrons. The minimum Gasteiger partial charge on any atom is -0.462 e. The van der Waals surface area contributed by atoms with E-state index in [-0.39, 0.29) is 18.0 Å². The number of esters is 1. The lowest BCUT2D eigenvalue weighted by molar-refractivity contribution is 0.0526. The summed E-state index contributed by atoms with van der Waals surface area (Å²) in [6.07, 6.45) is 1.37. The molecule has 0 saturated heterocycles. The smallest absolute Gasteiger partial charge is 0.338 e. The van der Waals surface area contributed by atoms with Crippen LogP contribution in [-0.2, 0) is 4.74 Å². The molecule has 0 spiro atoms. The van der Waals surface area contributed by atoms with Crippen LogP contribution >= 0.6 is 0 Å². The number of nitrogens with one attached hydrogen (secondary N) is 4. The number of anilines is 4. The van der Waals surface area contributed by atoms with E-state index in [1.807, 2.05) is 30.3 Å².